The summed E-state index contributed by atoms with van der Waals surface area (Å²) in [7, 11) is 3.06. The Labute approximate surface area is 246 Å². The number of rotatable bonds is 8. The largest absolute Gasteiger partial charge is 0.507 e. The quantitative estimate of drug-likeness (QED) is 0.169. The fourth-order valence-electron chi connectivity index (χ4n) is 5.33. The third-order valence-corrected chi connectivity index (χ3v) is 7.47. The molecule has 9 heteroatoms. The monoisotopic (exact) mass is 580 g/mol. The molecule has 218 valence electrons. The lowest BCUT2D eigenvalue weighted by Crippen LogP contribution is -2.22. The smallest absolute Gasteiger partial charge is 0.312 e. The van der Waals surface area contributed by atoms with E-state index in [9.17, 15) is 19.8 Å². The third kappa shape index (κ3) is 5.44. The minimum atomic E-state index is -0.549. The second-order valence-electron chi connectivity index (χ2n) is 10.1. The summed E-state index contributed by atoms with van der Waals surface area (Å²) >= 11 is 0. The maximum atomic E-state index is 13.3. The molecule has 1 atom stereocenters. The minimum Gasteiger partial charge on any atom is -0.507 e. The number of ether oxygens (including phenoxy) is 4. The van der Waals surface area contributed by atoms with Gasteiger partial charge in [0.1, 0.15) is 39.7 Å². The molecule has 1 aromatic heterocycles. The van der Waals surface area contributed by atoms with Gasteiger partial charge in [-0.15, -0.1) is 0 Å². The van der Waals surface area contributed by atoms with Crippen LogP contribution in [0, 0.1) is 0 Å². The average Bonchev–Trinajstić information content (AvgIpc) is 3.00. The molecule has 43 heavy (non-hydrogen) atoms. The van der Waals surface area contributed by atoms with Crippen molar-refractivity contribution >= 4 is 16.9 Å². The lowest BCUT2D eigenvalue weighted by atomic mass is 9.85. The van der Waals surface area contributed by atoms with Crippen LogP contribution in [0.15, 0.2) is 88.1 Å². The van der Waals surface area contributed by atoms with Gasteiger partial charge < -0.3 is 33.6 Å². The van der Waals surface area contributed by atoms with E-state index in [4.69, 9.17) is 23.4 Å². The SMILES string of the molecule is COc1ccc(CCOc2cccc(C3CC(=O)Oc4cc(O)c5c(=O)cc(-c6ccc(OC)c(O)c6)oc5c43)c2)cc1. The van der Waals surface area contributed by atoms with Crippen molar-refractivity contribution in [3.05, 3.63) is 106 Å². The molecule has 2 heterocycles. The molecule has 0 aliphatic carbocycles. The second-order valence-corrected chi connectivity index (χ2v) is 10.1. The number of hydrogen-bond donors (Lipinski definition) is 2. The van der Waals surface area contributed by atoms with E-state index in [-0.39, 0.29) is 46.1 Å². The van der Waals surface area contributed by atoms with Gasteiger partial charge >= 0.3 is 5.97 Å². The second kappa shape index (κ2) is 11.4. The van der Waals surface area contributed by atoms with Gasteiger partial charge in [0.05, 0.1) is 27.2 Å². The van der Waals surface area contributed by atoms with Crippen LogP contribution in [-0.4, -0.2) is 37.0 Å². The zero-order valence-electron chi connectivity index (χ0n) is 23.5. The third-order valence-electron chi connectivity index (χ3n) is 7.47. The van der Waals surface area contributed by atoms with E-state index in [1.54, 1.807) is 19.2 Å². The van der Waals surface area contributed by atoms with Gasteiger partial charge in [0, 0.05) is 35.6 Å². The highest BCUT2D eigenvalue weighted by Gasteiger charge is 2.34. The summed E-state index contributed by atoms with van der Waals surface area (Å²) in [6.07, 6.45) is 0.672. The van der Waals surface area contributed by atoms with Crippen LogP contribution in [0.2, 0.25) is 0 Å². The van der Waals surface area contributed by atoms with E-state index >= 15 is 0 Å². The minimum absolute atomic E-state index is 0.0144. The molecule has 0 fully saturated rings. The molecule has 0 amide bonds. The molecule has 6 rings (SSSR count). The number of carbonyl (C=O) groups excluding carboxylic acids is 1. The Morgan fingerprint density at radius 2 is 1.67 bits per heavy atom. The van der Waals surface area contributed by atoms with Crippen molar-refractivity contribution in [1.82, 2.24) is 0 Å². The van der Waals surface area contributed by atoms with Crippen molar-refractivity contribution in [2.45, 2.75) is 18.8 Å². The maximum Gasteiger partial charge on any atom is 0.312 e. The Morgan fingerprint density at radius 3 is 2.42 bits per heavy atom. The van der Waals surface area contributed by atoms with Crippen molar-refractivity contribution in [3.63, 3.8) is 0 Å². The first kappa shape index (κ1) is 27.7. The number of aromatic hydroxyl groups is 2. The van der Waals surface area contributed by atoms with Crippen LogP contribution in [-0.2, 0) is 11.2 Å². The lowest BCUT2D eigenvalue weighted by Gasteiger charge is -2.26. The fourth-order valence-corrected chi connectivity index (χ4v) is 5.33. The molecule has 5 aromatic rings. The van der Waals surface area contributed by atoms with E-state index < -0.39 is 17.3 Å². The molecule has 0 radical (unpaired) electrons. The molecule has 4 aromatic carbocycles. The average molecular weight is 581 g/mol. The maximum absolute atomic E-state index is 13.3. The summed E-state index contributed by atoms with van der Waals surface area (Å²) in [6.45, 7) is 0.433. The highest BCUT2D eigenvalue weighted by atomic mass is 16.5. The van der Waals surface area contributed by atoms with Gasteiger partial charge in [-0.2, -0.15) is 0 Å². The number of benzene rings is 4. The Bertz CT molecular complexity index is 1890. The standard InChI is InChI=1S/C34H28O9/c1-39-22-9-6-19(7-10-22)12-13-41-23-5-3-4-20(14-23)24-16-31(38)42-30-18-27(37)33-26(36)17-29(43-34(33)32(24)30)21-8-11-28(40-2)25(35)15-21/h3-11,14-15,17-18,24,35,37H,12-13,16H2,1-2H3. The highest BCUT2D eigenvalue weighted by Crippen LogP contribution is 2.46. The first-order chi connectivity index (χ1) is 20.8. The number of methoxy groups -OCH3 is 2. The first-order valence-corrected chi connectivity index (χ1v) is 13.6. The summed E-state index contributed by atoms with van der Waals surface area (Å²) < 4.78 is 28.1. The number of carbonyl (C=O) groups is 1. The van der Waals surface area contributed by atoms with Gasteiger partial charge in [-0.25, -0.2) is 0 Å². The van der Waals surface area contributed by atoms with Crippen LogP contribution in [0.5, 0.6) is 34.5 Å². The first-order valence-electron chi connectivity index (χ1n) is 13.6. The van der Waals surface area contributed by atoms with E-state index in [1.807, 2.05) is 48.5 Å². The Morgan fingerprint density at radius 1 is 0.860 bits per heavy atom. The van der Waals surface area contributed by atoms with Crippen molar-refractivity contribution in [3.8, 4) is 45.8 Å². The summed E-state index contributed by atoms with van der Waals surface area (Å²) in [5, 5.41) is 21.0. The van der Waals surface area contributed by atoms with E-state index in [1.165, 1.54) is 25.3 Å². The van der Waals surface area contributed by atoms with Gasteiger partial charge in [-0.05, 0) is 53.6 Å². The topological polar surface area (TPSA) is 125 Å². The Balaban J connectivity index is 1.38. The van der Waals surface area contributed by atoms with Gasteiger partial charge in [0.15, 0.2) is 16.9 Å². The van der Waals surface area contributed by atoms with Crippen LogP contribution in [0.3, 0.4) is 0 Å². The van der Waals surface area contributed by atoms with Crippen LogP contribution >= 0.6 is 0 Å². The number of esters is 1. The fraction of sp³-hybridized carbons (Fsp3) is 0.176. The zero-order valence-corrected chi connectivity index (χ0v) is 23.5. The van der Waals surface area contributed by atoms with Gasteiger partial charge in [-0.1, -0.05) is 24.3 Å². The molecule has 0 bridgehead atoms. The predicted octanol–water partition coefficient (Wildman–Crippen LogP) is 5.95. The summed E-state index contributed by atoms with van der Waals surface area (Å²) in [6, 6.07) is 22.3. The molecule has 1 aliphatic heterocycles. The Hall–Kier alpha value is -5.44. The molecule has 0 saturated carbocycles. The molecule has 0 spiro atoms. The molecule has 0 saturated heterocycles. The van der Waals surface area contributed by atoms with Crippen molar-refractivity contribution in [2.75, 3.05) is 20.8 Å². The summed E-state index contributed by atoms with van der Waals surface area (Å²) in [5.41, 5.74) is 2.34. The zero-order chi connectivity index (χ0) is 30.1. The number of phenolic OH excluding ortho intramolecular Hbond substituents is 2. The van der Waals surface area contributed by atoms with Crippen molar-refractivity contribution < 1.29 is 38.4 Å². The molecular weight excluding hydrogens is 552 g/mol. The van der Waals surface area contributed by atoms with Gasteiger partial charge in [0.2, 0.25) is 0 Å². The summed E-state index contributed by atoms with van der Waals surface area (Å²) in [4.78, 5) is 26.0. The van der Waals surface area contributed by atoms with Gasteiger partial charge in [-0.3, -0.25) is 9.59 Å². The number of fused-ring (bicyclic) bond motifs is 3. The van der Waals surface area contributed by atoms with Crippen LogP contribution in [0.25, 0.3) is 22.3 Å². The van der Waals surface area contributed by atoms with Crippen molar-refractivity contribution in [1.29, 1.82) is 0 Å². The van der Waals surface area contributed by atoms with E-state index in [0.717, 1.165) is 16.9 Å². The molecule has 2 N–H and O–H groups in total. The molecule has 1 unspecified atom stereocenters. The van der Waals surface area contributed by atoms with Crippen molar-refractivity contribution in [2.24, 2.45) is 0 Å². The number of phenols is 2. The normalized spacial score (nSPS) is 14.2. The summed E-state index contributed by atoms with van der Waals surface area (Å²) in [5.74, 6) is 0.407. The molecular formula is C34H28O9. The van der Waals surface area contributed by atoms with E-state index in [0.29, 0.717) is 29.9 Å². The lowest BCUT2D eigenvalue weighted by molar-refractivity contribution is -0.135. The van der Waals surface area contributed by atoms with Crippen LogP contribution in [0.4, 0.5) is 0 Å². The molecule has 9 nitrogen and oxygen atoms in total. The Kier molecular flexibility index (Phi) is 7.38. The van der Waals surface area contributed by atoms with Crippen LogP contribution < -0.4 is 24.4 Å². The predicted molar refractivity (Wildman–Crippen MR) is 159 cm³/mol. The van der Waals surface area contributed by atoms with Gasteiger partial charge in [0.25, 0.3) is 0 Å². The molecule has 1 aliphatic rings. The van der Waals surface area contributed by atoms with Crippen LogP contribution in [0.1, 0.15) is 29.0 Å². The highest BCUT2D eigenvalue weighted by molar-refractivity contribution is 5.93. The van der Waals surface area contributed by atoms with E-state index in [2.05, 4.69) is 0 Å². The number of hydrogen-bond acceptors (Lipinski definition) is 9.